The molecule has 1 aliphatic rings. The van der Waals surface area contributed by atoms with Gasteiger partial charge in [-0.3, -0.25) is 9.59 Å². The minimum absolute atomic E-state index is 0.00347. The van der Waals surface area contributed by atoms with Crippen LogP contribution in [0, 0.1) is 12.8 Å². The smallest absolute Gasteiger partial charge is 0.369 e. The van der Waals surface area contributed by atoms with Crippen molar-refractivity contribution in [3.63, 3.8) is 0 Å². The SMILES string of the molecule is Cc1cc(C(C(F)(F)F)C(F)(F)F)ccc1C1(C(N)=O)C=CC=CC1C(N)=O. The van der Waals surface area contributed by atoms with Gasteiger partial charge in [-0.25, -0.2) is 0 Å². The Hall–Kier alpha value is -2.78. The van der Waals surface area contributed by atoms with Crippen LogP contribution < -0.4 is 11.5 Å². The highest BCUT2D eigenvalue weighted by atomic mass is 19.4. The zero-order chi connectivity index (χ0) is 21.5. The van der Waals surface area contributed by atoms with Gasteiger partial charge in [0, 0.05) is 0 Å². The van der Waals surface area contributed by atoms with E-state index in [1.807, 2.05) is 0 Å². The molecule has 1 aromatic carbocycles. The van der Waals surface area contributed by atoms with E-state index >= 15 is 0 Å². The first-order valence-electron chi connectivity index (χ1n) is 7.92. The Morgan fingerprint density at radius 3 is 2.04 bits per heavy atom. The summed E-state index contributed by atoms with van der Waals surface area (Å²) < 4.78 is 77.9. The first-order chi connectivity index (χ1) is 12.7. The van der Waals surface area contributed by atoms with Crippen LogP contribution in [-0.4, -0.2) is 24.2 Å². The molecular formula is C18H16F6N2O2. The van der Waals surface area contributed by atoms with Crippen LogP contribution in [0.1, 0.15) is 22.6 Å². The van der Waals surface area contributed by atoms with Crippen LogP contribution in [0.4, 0.5) is 26.3 Å². The summed E-state index contributed by atoms with van der Waals surface area (Å²) >= 11 is 0. The molecule has 0 saturated carbocycles. The molecule has 0 aromatic heterocycles. The van der Waals surface area contributed by atoms with Gasteiger partial charge in [-0.1, -0.05) is 42.5 Å². The molecule has 1 aliphatic carbocycles. The summed E-state index contributed by atoms with van der Waals surface area (Å²) in [6.07, 6.45) is -5.73. The molecular weight excluding hydrogens is 390 g/mol. The number of amides is 2. The van der Waals surface area contributed by atoms with E-state index in [0.29, 0.717) is 12.1 Å². The molecule has 10 heteroatoms. The van der Waals surface area contributed by atoms with Gasteiger partial charge in [-0.05, 0) is 23.6 Å². The molecule has 0 heterocycles. The third-order valence-electron chi connectivity index (χ3n) is 4.66. The van der Waals surface area contributed by atoms with Crippen molar-refractivity contribution in [3.8, 4) is 0 Å². The summed E-state index contributed by atoms with van der Waals surface area (Å²) in [7, 11) is 0. The topological polar surface area (TPSA) is 86.2 Å². The van der Waals surface area contributed by atoms with Crippen LogP contribution in [0.2, 0.25) is 0 Å². The number of carbonyl (C=O) groups excluding carboxylic acids is 2. The second kappa shape index (κ2) is 6.99. The van der Waals surface area contributed by atoms with Crippen LogP contribution in [0.25, 0.3) is 0 Å². The Morgan fingerprint density at radius 1 is 1.04 bits per heavy atom. The fourth-order valence-electron chi connectivity index (χ4n) is 3.48. The van der Waals surface area contributed by atoms with Gasteiger partial charge < -0.3 is 11.5 Å². The summed E-state index contributed by atoms with van der Waals surface area (Å²) in [5.74, 6) is -6.88. The zero-order valence-corrected chi connectivity index (χ0v) is 14.4. The van der Waals surface area contributed by atoms with E-state index in [1.54, 1.807) is 0 Å². The number of nitrogens with two attached hydrogens (primary N) is 2. The third-order valence-corrected chi connectivity index (χ3v) is 4.66. The van der Waals surface area contributed by atoms with E-state index in [2.05, 4.69) is 0 Å². The number of primary amides is 2. The number of benzene rings is 1. The van der Waals surface area contributed by atoms with Crippen LogP contribution in [0.15, 0.2) is 42.5 Å². The Bertz CT molecular complexity index is 843. The lowest BCUT2D eigenvalue weighted by Crippen LogP contribution is -2.51. The van der Waals surface area contributed by atoms with Gasteiger partial charge in [0.15, 0.2) is 5.92 Å². The summed E-state index contributed by atoms with van der Waals surface area (Å²) in [4.78, 5) is 24.1. The van der Waals surface area contributed by atoms with Gasteiger partial charge in [0.2, 0.25) is 11.8 Å². The van der Waals surface area contributed by atoms with Gasteiger partial charge in [0.25, 0.3) is 0 Å². The van der Waals surface area contributed by atoms with Crippen molar-refractivity contribution in [2.45, 2.75) is 30.6 Å². The molecule has 0 bridgehead atoms. The molecule has 0 aliphatic heterocycles. The van der Waals surface area contributed by atoms with Gasteiger partial charge in [-0.2, -0.15) is 26.3 Å². The highest BCUT2D eigenvalue weighted by Gasteiger charge is 2.57. The largest absolute Gasteiger partial charge is 0.404 e. The normalized spacial score (nSPS) is 22.5. The number of rotatable bonds is 4. The molecule has 4 N–H and O–H groups in total. The average molecular weight is 406 g/mol. The van der Waals surface area contributed by atoms with Crippen molar-refractivity contribution < 1.29 is 35.9 Å². The number of allylic oxidation sites excluding steroid dienone is 2. The number of halogens is 6. The Balaban J connectivity index is 2.68. The van der Waals surface area contributed by atoms with Gasteiger partial charge in [0.05, 0.1) is 5.92 Å². The minimum atomic E-state index is -5.56. The molecule has 0 radical (unpaired) electrons. The van der Waals surface area contributed by atoms with Crippen LogP contribution in [0.3, 0.4) is 0 Å². The van der Waals surface area contributed by atoms with E-state index < -0.39 is 47.0 Å². The van der Waals surface area contributed by atoms with E-state index in [9.17, 15) is 35.9 Å². The maximum atomic E-state index is 13.0. The van der Waals surface area contributed by atoms with E-state index in [0.717, 1.165) is 6.07 Å². The van der Waals surface area contributed by atoms with Crippen molar-refractivity contribution >= 4 is 11.8 Å². The molecule has 1 aromatic rings. The molecule has 2 amide bonds. The lowest BCUT2D eigenvalue weighted by molar-refractivity contribution is -0.253. The van der Waals surface area contributed by atoms with Gasteiger partial charge >= 0.3 is 12.4 Å². The predicted molar refractivity (Wildman–Crippen MR) is 87.9 cm³/mol. The van der Waals surface area contributed by atoms with Crippen molar-refractivity contribution in [1.82, 2.24) is 0 Å². The maximum Gasteiger partial charge on any atom is 0.404 e. The predicted octanol–water partition coefficient (Wildman–Crippen LogP) is 3.15. The lowest BCUT2D eigenvalue weighted by atomic mass is 9.65. The molecule has 152 valence electrons. The van der Waals surface area contributed by atoms with E-state index in [1.165, 1.54) is 31.2 Å². The molecule has 2 atom stereocenters. The number of alkyl halides is 6. The molecule has 0 saturated heterocycles. The average Bonchev–Trinajstić information content (AvgIpc) is 2.51. The zero-order valence-electron chi connectivity index (χ0n) is 14.4. The van der Waals surface area contributed by atoms with Crippen molar-refractivity contribution in [3.05, 3.63) is 59.2 Å². The first-order valence-corrected chi connectivity index (χ1v) is 7.92. The lowest BCUT2D eigenvalue weighted by Gasteiger charge is -2.36. The molecule has 2 unspecified atom stereocenters. The van der Waals surface area contributed by atoms with Crippen LogP contribution >= 0.6 is 0 Å². The molecule has 4 nitrogen and oxygen atoms in total. The molecule has 0 fully saturated rings. The summed E-state index contributed by atoms with van der Waals surface area (Å²) in [5.41, 5.74) is 7.88. The number of carbonyl (C=O) groups is 2. The monoisotopic (exact) mass is 406 g/mol. The Kier molecular flexibility index (Phi) is 5.37. The second-order valence-corrected chi connectivity index (χ2v) is 6.45. The van der Waals surface area contributed by atoms with Crippen molar-refractivity contribution in [2.24, 2.45) is 17.4 Å². The third kappa shape index (κ3) is 3.63. The Labute approximate surface area is 155 Å². The fraction of sp³-hybridized carbons (Fsp3) is 0.333. The molecule has 2 rings (SSSR count). The standard InChI is InChI=1S/C18H16F6N2O2/c1-9-8-10(13(17(19,20)21)18(22,23)24)5-6-11(9)16(15(26)28)7-3-2-4-12(16)14(25)27/h2-8,12-13H,1H3,(H2,25,27)(H2,26,28). The highest BCUT2D eigenvalue weighted by Crippen LogP contribution is 2.47. The van der Waals surface area contributed by atoms with Crippen molar-refractivity contribution in [2.75, 3.05) is 0 Å². The van der Waals surface area contributed by atoms with Gasteiger partial charge in [0.1, 0.15) is 5.41 Å². The molecule has 0 spiro atoms. The van der Waals surface area contributed by atoms with E-state index in [-0.39, 0.29) is 11.1 Å². The maximum absolute atomic E-state index is 13.0. The van der Waals surface area contributed by atoms with Crippen molar-refractivity contribution in [1.29, 1.82) is 0 Å². The van der Waals surface area contributed by atoms with Gasteiger partial charge in [-0.15, -0.1) is 0 Å². The van der Waals surface area contributed by atoms with E-state index in [4.69, 9.17) is 11.5 Å². The second-order valence-electron chi connectivity index (χ2n) is 6.45. The number of hydrogen-bond donors (Lipinski definition) is 2. The Morgan fingerprint density at radius 2 is 1.61 bits per heavy atom. The summed E-state index contributed by atoms with van der Waals surface area (Å²) in [5, 5.41) is 0. The summed E-state index contributed by atoms with van der Waals surface area (Å²) in [6.45, 7) is 1.23. The fourth-order valence-corrected chi connectivity index (χ4v) is 3.48. The molecule has 28 heavy (non-hydrogen) atoms. The quantitative estimate of drug-likeness (QED) is 0.753. The van der Waals surface area contributed by atoms with Crippen LogP contribution in [-0.2, 0) is 15.0 Å². The number of hydrogen-bond acceptors (Lipinski definition) is 2. The highest BCUT2D eigenvalue weighted by molar-refractivity contribution is 5.97. The minimum Gasteiger partial charge on any atom is -0.369 e. The first kappa shape index (κ1) is 21.5. The number of aryl methyl sites for hydroxylation is 1. The van der Waals surface area contributed by atoms with Crippen LogP contribution in [0.5, 0.6) is 0 Å². The summed E-state index contributed by atoms with van der Waals surface area (Å²) in [6, 6.07) is 2.26.